The van der Waals surface area contributed by atoms with Crippen LogP contribution in [0.25, 0.3) is 0 Å². The van der Waals surface area contributed by atoms with Crippen LogP contribution in [0.1, 0.15) is 68.7 Å². The van der Waals surface area contributed by atoms with Crippen molar-refractivity contribution in [2.75, 3.05) is 5.32 Å². The number of amides is 2. The Morgan fingerprint density at radius 3 is 2.11 bits per heavy atom. The molecule has 0 saturated carbocycles. The third-order valence-corrected chi connectivity index (χ3v) is 7.00. The zero-order valence-electron chi connectivity index (χ0n) is 21.3. The maximum absolute atomic E-state index is 13.0. The molecule has 2 amide bonds. The molecule has 0 atom stereocenters. The van der Waals surface area contributed by atoms with E-state index in [1.54, 1.807) is 19.1 Å². The summed E-state index contributed by atoms with van der Waals surface area (Å²) < 4.78 is 28.1. The molecule has 36 heavy (non-hydrogen) atoms. The topological polar surface area (TPSA) is 96.9 Å². The number of benzene rings is 3. The van der Waals surface area contributed by atoms with Gasteiger partial charge in [0.1, 0.15) is 6.61 Å². The lowest BCUT2D eigenvalue weighted by atomic mass is 9.93. The molecule has 0 saturated heterocycles. The minimum atomic E-state index is -4.12. The number of sulfonamides is 1. The van der Waals surface area contributed by atoms with Gasteiger partial charge in [-0.2, -0.15) is 0 Å². The summed E-state index contributed by atoms with van der Waals surface area (Å²) in [6, 6.07) is 20.8. The van der Waals surface area contributed by atoms with Crippen LogP contribution in [0.4, 0.5) is 10.5 Å². The molecule has 8 heteroatoms. The Labute approximate surface area is 213 Å². The van der Waals surface area contributed by atoms with Crippen LogP contribution >= 0.6 is 0 Å². The number of rotatable bonds is 9. The first kappa shape index (κ1) is 26.9. The highest BCUT2D eigenvalue weighted by atomic mass is 32.2. The van der Waals surface area contributed by atoms with Crippen LogP contribution in [-0.4, -0.2) is 20.2 Å². The summed E-state index contributed by atoms with van der Waals surface area (Å²) in [5.41, 5.74) is 4.58. The van der Waals surface area contributed by atoms with E-state index in [2.05, 4.69) is 15.2 Å². The first-order chi connectivity index (χ1) is 17.1. The van der Waals surface area contributed by atoms with Crippen LogP contribution in [0.15, 0.2) is 82.8 Å². The van der Waals surface area contributed by atoms with Crippen LogP contribution in [0.5, 0.6) is 0 Å². The minimum absolute atomic E-state index is 0.0472. The van der Waals surface area contributed by atoms with Crippen LogP contribution in [0.3, 0.4) is 0 Å². The highest BCUT2D eigenvalue weighted by Crippen LogP contribution is 2.32. The van der Waals surface area contributed by atoms with Crippen molar-refractivity contribution in [3.8, 4) is 0 Å². The van der Waals surface area contributed by atoms with Crippen LogP contribution < -0.4 is 10.0 Å². The van der Waals surface area contributed by atoms with Gasteiger partial charge in [0.05, 0.1) is 10.6 Å². The van der Waals surface area contributed by atoms with E-state index in [4.69, 9.17) is 4.84 Å². The molecule has 0 unspecified atom stereocenters. The molecule has 0 spiro atoms. The average Bonchev–Trinajstić information content (AvgIpc) is 2.84. The van der Waals surface area contributed by atoms with Crippen molar-refractivity contribution in [3.63, 3.8) is 0 Å². The van der Waals surface area contributed by atoms with Gasteiger partial charge in [0, 0.05) is 11.3 Å². The molecule has 0 bridgehead atoms. The lowest BCUT2D eigenvalue weighted by Gasteiger charge is -2.20. The Morgan fingerprint density at radius 1 is 0.889 bits per heavy atom. The van der Waals surface area contributed by atoms with Gasteiger partial charge >= 0.3 is 6.03 Å². The normalized spacial score (nSPS) is 12.0. The number of hydrogen-bond donors (Lipinski definition) is 2. The number of urea groups is 1. The molecular weight excluding hydrogens is 474 g/mol. The van der Waals surface area contributed by atoms with E-state index in [9.17, 15) is 13.2 Å². The van der Waals surface area contributed by atoms with Crippen molar-refractivity contribution >= 4 is 27.5 Å². The monoisotopic (exact) mass is 507 g/mol. The largest absolute Gasteiger partial charge is 0.391 e. The third kappa shape index (κ3) is 6.95. The molecule has 0 fully saturated rings. The SMILES string of the molecule is C/C(=N\OCc1ccccc1)c1cccc(S(=O)(=O)NC(=O)Nc2c(C(C)C)cccc2C(C)C)c1. The molecule has 0 aromatic heterocycles. The highest BCUT2D eigenvalue weighted by molar-refractivity contribution is 7.90. The summed E-state index contributed by atoms with van der Waals surface area (Å²) in [6.45, 7) is 10.1. The second-order valence-corrected chi connectivity index (χ2v) is 10.8. The molecule has 0 aliphatic carbocycles. The van der Waals surface area contributed by atoms with E-state index < -0.39 is 16.1 Å². The molecule has 0 aliphatic rings. The number of nitrogens with one attached hydrogen (secondary N) is 2. The van der Waals surface area contributed by atoms with Crippen molar-refractivity contribution in [3.05, 3.63) is 95.1 Å². The summed E-state index contributed by atoms with van der Waals surface area (Å²) in [7, 11) is -4.12. The van der Waals surface area contributed by atoms with Crippen molar-refractivity contribution in [2.45, 2.75) is 58.0 Å². The predicted molar refractivity (Wildman–Crippen MR) is 144 cm³/mol. The molecule has 0 radical (unpaired) electrons. The molecule has 0 aliphatic heterocycles. The van der Waals surface area contributed by atoms with Gasteiger partial charge in [0.15, 0.2) is 0 Å². The number of carbonyl (C=O) groups is 1. The first-order valence-electron chi connectivity index (χ1n) is 11.9. The Bertz CT molecular complexity index is 1310. The maximum atomic E-state index is 13.0. The van der Waals surface area contributed by atoms with E-state index in [1.165, 1.54) is 12.1 Å². The van der Waals surface area contributed by atoms with E-state index in [0.29, 0.717) is 23.6 Å². The molecule has 190 valence electrons. The fourth-order valence-corrected chi connectivity index (χ4v) is 4.69. The second kappa shape index (κ2) is 11.9. The lowest BCUT2D eigenvalue weighted by Crippen LogP contribution is -2.35. The summed E-state index contributed by atoms with van der Waals surface area (Å²) >= 11 is 0. The predicted octanol–water partition coefficient (Wildman–Crippen LogP) is 6.38. The zero-order chi connectivity index (χ0) is 26.3. The number of nitrogens with zero attached hydrogens (tertiary/aromatic N) is 1. The Hall–Kier alpha value is -3.65. The summed E-state index contributed by atoms with van der Waals surface area (Å²) in [4.78, 5) is 18.2. The van der Waals surface area contributed by atoms with Crippen molar-refractivity contribution in [2.24, 2.45) is 5.16 Å². The van der Waals surface area contributed by atoms with E-state index in [1.807, 2.05) is 76.2 Å². The number of anilines is 1. The smallest absolute Gasteiger partial charge is 0.333 e. The number of carbonyl (C=O) groups excluding carboxylic acids is 1. The molecular formula is C28H33N3O4S. The van der Waals surface area contributed by atoms with Gasteiger partial charge in [-0.15, -0.1) is 0 Å². The number of hydrogen-bond acceptors (Lipinski definition) is 5. The molecule has 3 aromatic carbocycles. The number of oxime groups is 1. The average molecular weight is 508 g/mol. The van der Waals surface area contributed by atoms with E-state index in [0.717, 1.165) is 16.7 Å². The third-order valence-electron chi connectivity index (χ3n) is 5.68. The minimum Gasteiger partial charge on any atom is -0.391 e. The zero-order valence-corrected chi connectivity index (χ0v) is 22.1. The van der Waals surface area contributed by atoms with Crippen LogP contribution in [0.2, 0.25) is 0 Å². The standard InChI is InChI=1S/C28H33N3O4S/c1-19(2)25-15-10-16-26(20(3)4)27(25)29-28(32)31-36(33,34)24-14-9-13-23(17-24)21(5)30-35-18-22-11-7-6-8-12-22/h6-17,19-20H,18H2,1-5H3,(H2,29,31,32)/b30-21+. The quantitative estimate of drug-likeness (QED) is 0.259. The Kier molecular flexibility index (Phi) is 8.88. The Balaban J connectivity index is 1.75. The summed E-state index contributed by atoms with van der Waals surface area (Å²) in [5, 5.41) is 6.88. The summed E-state index contributed by atoms with van der Waals surface area (Å²) in [6.07, 6.45) is 0. The van der Waals surface area contributed by atoms with E-state index in [-0.39, 0.29) is 16.7 Å². The van der Waals surface area contributed by atoms with Gasteiger partial charge in [-0.05, 0) is 47.6 Å². The molecule has 3 rings (SSSR count). The summed E-state index contributed by atoms with van der Waals surface area (Å²) in [5.74, 6) is 0.303. The molecule has 3 aromatic rings. The van der Waals surface area contributed by atoms with Gasteiger partial charge in [-0.3, -0.25) is 0 Å². The van der Waals surface area contributed by atoms with Gasteiger partial charge in [0.25, 0.3) is 10.0 Å². The van der Waals surface area contributed by atoms with Gasteiger partial charge < -0.3 is 10.2 Å². The lowest BCUT2D eigenvalue weighted by molar-refractivity contribution is 0.130. The molecule has 7 nitrogen and oxygen atoms in total. The molecule has 2 N–H and O–H groups in total. The second-order valence-electron chi connectivity index (χ2n) is 9.14. The van der Waals surface area contributed by atoms with E-state index >= 15 is 0 Å². The van der Waals surface area contributed by atoms with Crippen LogP contribution in [0, 0.1) is 0 Å². The van der Waals surface area contributed by atoms with Crippen molar-refractivity contribution in [1.82, 2.24) is 4.72 Å². The fourth-order valence-electron chi connectivity index (χ4n) is 3.73. The Morgan fingerprint density at radius 2 is 1.50 bits per heavy atom. The van der Waals surface area contributed by atoms with Gasteiger partial charge in [0.2, 0.25) is 0 Å². The fraction of sp³-hybridized carbons (Fsp3) is 0.286. The van der Waals surface area contributed by atoms with Crippen molar-refractivity contribution in [1.29, 1.82) is 0 Å². The van der Waals surface area contributed by atoms with Crippen molar-refractivity contribution < 1.29 is 18.0 Å². The maximum Gasteiger partial charge on any atom is 0.333 e. The first-order valence-corrected chi connectivity index (χ1v) is 13.3. The number of para-hydroxylation sites is 1. The van der Waals surface area contributed by atoms with Gasteiger partial charge in [-0.25, -0.2) is 17.9 Å². The van der Waals surface area contributed by atoms with Crippen LogP contribution in [-0.2, 0) is 21.5 Å². The highest BCUT2D eigenvalue weighted by Gasteiger charge is 2.21. The van der Waals surface area contributed by atoms with Gasteiger partial charge in [-0.1, -0.05) is 93.5 Å². The molecule has 0 heterocycles.